The minimum absolute atomic E-state index is 0.0479. The summed E-state index contributed by atoms with van der Waals surface area (Å²) in [5.41, 5.74) is 2.04. The van der Waals surface area contributed by atoms with E-state index in [1.165, 1.54) is 6.42 Å². The van der Waals surface area contributed by atoms with E-state index in [4.69, 9.17) is 16.3 Å². The third-order valence-corrected chi connectivity index (χ3v) is 7.29. The number of benzene rings is 3. The first-order chi connectivity index (χ1) is 18.6. The number of amides is 2. The molecule has 0 spiro atoms. The topological polar surface area (TPSA) is 58.6 Å². The zero-order valence-corrected chi connectivity index (χ0v) is 22.6. The normalized spacial score (nSPS) is 14.4. The Hall–Kier alpha value is -3.31. The van der Waals surface area contributed by atoms with Crippen LogP contribution in [-0.2, 0) is 22.6 Å². The lowest BCUT2D eigenvalue weighted by atomic mass is 9.94. The van der Waals surface area contributed by atoms with Gasteiger partial charge in [-0.2, -0.15) is 0 Å². The van der Waals surface area contributed by atoms with Crippen molar-refractivity contribution in [1.29, 1.82) is 0 Å². The van der Waals surface area contributed by atoms with Crippen LogP contribution < -0.4 is 10.1 Å². The molecule has 1 unspecified atom stereocenters. The summed E-state index contributed by atoms with van der Waals surface area (Å²) in [7, 11) is 0. The van der Waals surface area contributed by atoms with Crippen LogP contribution in [0.1, 0.15) is 56.1 Å². The molecular weight excluding hydrogens is 496 g/mol. The number of hydrogen-bond acceptors (Lipinski definition) is 3. The fourth-order valence-corrected chi connectivity index (χ4v) is 5.09. The van der Waals surface area contributed by atoms with Crippen molar-refractivity contribution in [1.82, 2.24) is 10.2 Å². The molecule has 0 radical (unpaired) electrons. The van der Waals surface area contributed by atoms with Gasteiger partial charge in [0, 0.05) is 30.5 Å². The van der Waals surface area contributed by atoms with Crippen molar-refractivity contribution >= 4 is 23.4 Å². The quantitative estimate of drug-likeness (QED) is 0.268. The van der Waals surface area contributed by atoms with E-state index >= 15 is 0 Å². The highest BCUT2D eigenvalue weighted by atomic mass is 35.5. The molecule has 0 heterocycles. The molecule has 200 valence electrons. The first kappa shape index (κ1) is 27.7. The summed E-state index contributed by atoms with van der Waals surface area (Å²) in [5.74, 6) is 0.604. The van der Waals surface area contributed by atoms with Gasteiger partial charge < -0.3 is 15.0 Å². The Morgan fingerprint density at radius 1 is 0.868 bits per heavy atom. The summed E-state index contributed by atoms with van der Waals surface area (Å²) in [6, 6.07) is 26.6. The summed E-state index contributed by atoms with van der Waals surface area (Å²) >= 11 is 5.95. The lowest BCUT2D eigenvalue weighted by Gasteiger charge is -2.33. The van der Waals surface area contributed by atoms with E-state index in [9.17, 15) is 9.59 Å². The van der Waals surface area contributed by atoms with Crippen LogP contribution >= 0.6 is 11.6 Å². The number of nitrogens with one attached hydrogen (secondary N) is 1. The van der Waals surface area contributed by atoms with Crippen LogP contribution in [0.15, 0.2) is 84.9 Å². The SMILES string of the molecule is O=C(NC1CCCCC1)C(Cc1ccccc1)N(Cc1ccccc1)C(=O)CCCOc1ccc(Cl)cc1. The molecule has 4 rings (SSSR count). The van der Waals surface area contributed by atoms with Gasteiger partial charge in [0.25, 0.3) is 0 Å². The Morgan fingerprint density at radius 3 is 2.16 bits per heavy atom. The number of halogens is 1. The molecule has 0 saturated heterocycles. The minimum Gasteiger partial charge on any atom is -0.494 e. The Balaban J connectivity index is 1.49. The molecule has 0 aromatic heterocycles. The third-order valence-electron chi connectivity index (χ3n) is 7.04. The van der Waals surface area contributed by atoms with Gasteiger partial charge in [-0.05, 0) is 54.7 Å². The first-order valence-corrected chi connectivity index (χ1v) is 14.0. The molecule has 5 nitrogen and oxygen atoms in total. The van der Waals surface area contributed by atoms with E-state index in [-0.39, 0.29) is 17.9 Å². The van der Waals surface area contributed by atoms with Crippen LogP contribution in [0, 0.1) is 0 Å². The van der Waals surface area contributed by atoms with Crippen LogP contribution in [0.5, 0.6) is 5.75 Å². The van der Waals surface area contributed by atoms with Crippen LogP contribution in [0.2, 0.25) is 5.02 Å². The van der Waals surface area contributed by atoms with Crippen LogP contribution in [0.4, 0.5) is 0 Å². The van der Waals surface area contributed by atoms with Crippen molar-refractivity contribution in [2.75, 3.05) is 6.61 Å². The van der Waals surface area contributed by atoms with E-state index in [0.717, 1.165) is 42.6 Å². The maximum Gasteiger partial charge on any atom is 0.243 e. The van der Waals surface area contributed by atoms with Crippen molar-refractivity contribution in [2.24, 2.45) is 0 Å². The van der Waals surface area contributed by atoms with Crippen molar-refractivity contribution in [2.45, 2.75) is 70.0 Å². The maximum absolute atomic E-state index is 13.8. The molecule has 1 fully saturated rings. The first-order valence-electron chi connectivity index (χ1n) is 13.6. The van der Waals surface area contributed by atoms with E-state index in [1.807, 2.05) is 72.8 Å². The largest absolute Gasteiger partial charge is 0.494 e. The fourth-order valence-electron chi connectivity index (χ4n) is 4.97. The predicted octanol–water partition coefficient (Wildman–Crippen LogP) is 6.59. The molecule has 3 aromatic rings. The summed E-state index contributed by atoms with van der Waals surface area (Å²) in [4.78, 5) is 29.2. The van der Waals surface area contributed by atoms with Gasteiger partial charge in [-0.3, -0.25) is 9.59 Å². The zero-order chi connectivity index (χ0) is 26.6. The van der Waals surface area contributed by atoms with Gasteiger partial charge in [-0.1, -0.05) is 91.5 Å². The average molecular weight is 533 g/mol. The number of carbonyl (C=O) groups is 2. The van der Waals surface area contributed by atoms with Crippen molar-refractivity contribution in [3.05, 3.63) is 101 Å². The molecular formula is C32H37ClN2O3. The Morgan fingerprint density at radius 2 is 1.50 bits per heavy atom. The molecule has 0 aliphatic heterocycles. The molecule has 1 aliphatic carbocycles. The number of carbonyl (C=O) groups excluding carboxylic acids is 2. The Labute approximate surface area is 231 Å². The fraction of sp³-hybridized carbons (Fsp3) is 0.375. The van der Waals surface area contributed by atoms with E-state index < -0.39 is 6.04 Å². The second-order valence-corrected chi connectivity index (χ2v) is 10.4. The average Bonchev–Trinajstić information content (AvgIpc) is 2.95. The Bertz CT molecular complexity index is 1130. The standard InChI is InChI=1S/C32H37ClN2O3/c33-27-18-20-29(21-19-27)38-22-10-17-31(36)35(24-26-13-6-2-7-14-26)30(23-25-11-4-1-5-12-25)32(37)34-28-15-8-3-9-16-28/h1-2,4-7,11-14,18-21,28,30H,3,8-10,15-17,22-24H2,(H,34,37). The molecule has 1 N–H and O–H groups in total. The summed E-state index contributed by atoms with van der Waals surface area (Å²) < 4.78 is 5.80. The number of nitrogens with zero attached hydrogens (tertiary/aromatic N) is 1. The van der Waals surface area contributed by atoms with Gasteiger partial charge in [0.2, 0.25) is 11.8 Å². The lowest BCUT2D eigenvalue weighted by Crippen LogP contribution is -2.52. The molecule has 1 atom stereocenters. The summed E-state index contributed by atoms with van der Waals surface area (Å²) in [5, 5.41) is 3.94. The van der Waals surface area contributed by atoms with Crippen molar-refractivity contribution < 1.29 is 14.3 Å². The van der Waals surface area contributed by atoms with Gasteiger partial charge in [-0.15, -0.1) is 0 Å². The molecule has 0 bridgehead atoms. The number of hydrogen-bond donors (Lipinski definition) is 1. The highest BCUT2D eigenvalue weighted by Crippen LogP contribution is 2.21. The zero-order valence-electron chi connectivity index (χ0n) is 21.9. The molecule has 1 aliphatic rings. The highest BCUT2D eigenvalue weighted by Gasteiger charge is 2.31. The molecule has 6 heteroatoms. The lowest BCUT2D eigenvalue weighted by molar-refractivity contribution is -0.141. The van der Waals surface area contributed by atoms with E-state index in [1.54, 1.807) is 17.0 Å². The maximum atomic E-state index is 13.8. The number of rotatable bonds is 12. The summed E-state index contributed by atoms with van der Waals surface area (Å²) in [6.45, 7) is 0.789. The van der Waals surface area contributed by atoms with E-state index in [2.05, 4.69) is 5.32 Å². The van der Waals surface area contributed by atoms with Gasteiger partial charge in [0.15, 0.2) is 0 Å². The monoisotopic (exact) mass is 532 g/mol. The van der Waals surface area contributed by atoms with Gasteiger partial charge in [-0.25, -0.2) is 0 Å². The van der Waals surface area contributed by atoms with Gasteiger partial charge in [0.05, 0.1) is 6.61 Å². The predicted molar refractivity (Wildman–Crippen MR) is 152 cm³/mol. The molecule has 1 saturated carbocycles. The third kappa shape index (κ3) is 8.63. The molecule has 2 amide bonds. The molecule has 38 heavy (non-hydrogen) atoms. The van der Waals surface area contributed by atoms with E-state index in [0.29, 0.717) is 37.4 Å². The number of ether oxygens (including phenoxy) is 1. The second kappa shape index (κ2) is 14.6. The van der Waals surface area contributed by atoms with Crippen molar-refractivity contribution in [3.63, 3.8) is 0 Å². The smallest absolute Gasteiger partial charge is 0.243 e. The highest BCUT2D eigenvalue weighted by molar-refractivity contribution is 6.30. The van der Waals surface area contributed by atoms with Gasteiger partial charge in [0.1, 0.15) is 11.8 Å². The van der Waals surface area contributed by atoms with Crippen LogP contribution in [-0.4, -0.2) is 35.4 Å². The van der Waals surface area contributed by atoms with Crippen LogP contribution in [0.25, 0.3) is 0 Å². The van der Waals surface area contributed by atoms with Crippen molar-refractivity contribution in [3.8, 4) is 5.75 Å². The summed E-state index contributed by atoms with van der Waals surface area (Å²) in [6.07, 6.45) is 6.80. The second-order valence-electron chi connectivity index (χ2n) is 9.96. The molecule has 3 aromatic carbocycles. The Kier molecular flexibility index (Phi) is 10.6. The van der Waals surface area contributed by atoms with Crippen LogP contribution in [0.3, 0.4) is 0 Å². The minimum atomic E-state index is -0.593. The van der Waals surface area contributed by atoms with Gasteiger partial charge >= 0.3 is 0 Å².